The van der Waals surface area contributed by atoms with Gasteiger partial charge in [-0.2, -0.15) is 0 Å². The molecule has 1 unspecified atom stereocenters. The van der Waals surface area contributed by atoms with E-state index < -0.39 is 6.10 Å². The van der Waals surface area contributed by atoms with Crippen LogP contribution in [0.4, 0.5) is 0 Å². The van der Waals surface area contributed by atoms with Gasteiger partial charge in [0.1, 0.15) is 11.5 Å². The van der Waals surface area contributed by atoms with Crippen molar-refractivity contribution in [2.24, 2.45) is 16.6 Å². The minimum absolute atomic E-state index is 0. The fraction of sp³-hybridized carbons (Fsp3) is 0.588. The number of piperidine rings is 1. The Balaban J connectivity index is 0.00000288. The van der Waals surface area contributed by atoms with Crippen molar-refractivity contribution in [2.75, 3.05) is 33.9 Å². The molecule has 24 heavy (non-hydrogen) atoms. The van der Waals surface area contributed by atoms with Crippen molar-refractivity contribution >= 4 is 29.9 Å². The average Bonchev–Trinajstić information content (AvgIpc) is 2.59. The van der Waals surface area contributed by atoms with Crippen molar-refractivity contribution in [3.05, 3.63) is 23.8 Å². The molecule has 1 heterocycles. The minimum atomic E-state index is -0.749. The molecule has 0 radical (unpaired) electrons. The van der Waals surface area contributed by atoms with Crippen LogP contribution in [0, 0.1) is 5.92 Å². The highest BCUT2D eigenvalue weighted by atomic mass is 127. The fourth-order valence-electron chi connectivity index (χ4n) is 2.64. The Morgan fingerprint density at radius 3 is 2.29 bits per heavy atom. The van der Waals surface area contributed by atoms with Gasteiger partial charge in [0, 0.05) is 19.2 Å². The summed E-state index contributed by atoms with van der Waals surface area (Å²) in [5.74, 6) is 2.53. The standard InChI is InChI=1S/C17H27N3O3.HI/c1-12-4-6-20(7-5-12)17(18)19-11-16(21)13-8-14(22-2)10-15(9-13)23-3;/h8-10,12,16,21H,4-7,11H2,1-3H3,(H2,18,19);1H. The van der Waals surface area contributed by atoms with Gasteiger partial charge in [-0.05, 0) is 36.5 Å². The van der Waals surface area contributed by atoms with Crippen LogP contribution in [0.3, 0.4) is 0 Å². The third-order valence-corrected chi connectivity index (χ3v) is 4.29. The maximum atomic E-state index is 10.4. The van der Waals surface area contributed by atoms with E-state index in [4.69, 9.17) is 15.2 Å². The lowest BCUT2D eigenvalue weighted by Gasteiger charge is -2.31. The third kappa shape index (κ3) is 5.70. The zero-order valence-corrected chi connectivity index (χ0v) is 16.9. The van der Waals surface area contributed by atoms with Crippen LogP contribution in [0.5, 0.6) is 11.5 Å². The lowest BCUT2D eigenvalue weighted by Crippen LogP contribution is -2.42. The summed E-state index contributed by atoms with van der Waals surface area (Å²) in [6, 6.07) is 5.33. The summed E-state index contributed by atoms with van der Waals surface area (Å²) in [6.07, 6.45) is 1.51. The monoisotopic (exact) mass is 449 g/mol. The van der Waals surface area contributed by atoms with Crippen LogP contribution in [0.1, 0.15) is 31.4 Å². The topological polar surface area (TPSA) is 80.3 Å². The Kier molecular flexibility index (Phi) is 8.61. The van der Waals surface area contributed by atoms with E-state index in [2.05, 4.69) is 16.8 Å². The van der Waals surface area contributed by atoms with Crippen LogP contribution in [0.25, 0.3) is 0 Å². The number of nitrogens with zero attached hydrogens (tertiary/aromatic N) is 2. The Bertz CT molecular complexity index is 524. The number of hydrogen-bond acceptors (Lipinski definition) is 4. The van der Waals surface area contributed by atoms with Crippen molar-refractivity contribution in [1.82, 2.24) is 4.90 Å². The number of aliphatic imine (C=N–C) groups is 1. The Morgan fingerprint density at radius 1 is 1.25 bits per heavy atom. The molecule has 1 fully saturated rings. The summed E-state index contributed by atoms with van der Waals surface area (Å²) in [4.78, 5) is 6.43. The number of likely N-dealkylation sites (tertiary alicyclic amines) is 1. The van der Waals surface area contributed by atoms with E-state index in [1.165, 1.54) is 0 Å². The smallest absolute Gasteiger partial charge is 0.191 e. The highest BCUT2D eigenvalue weighted by molar-refractivity contribution is 14.0. The molecule has 1 saturated heterocycles. The summed E-state index contributed by atoms with van der Waals surface area (Å²) in [5.41, 5.74) is 6.75. The number of nitrogens with two attached hydrogens (primary N) is 1. The highest BCUT2D eigenvalue weighted by Gasteiger charge is 2.17. The largest absolute Gasteiger partial charge is 0.497 e. The van der Waals surface area contributed by atoms with E-state index in [0.29, 0.717) is 23.0 Å². The Labute approximate surface area is 161 Å². The zero-order chi connectivity index (χ0) is 16.8. The number of hydrogen-bond donors (Lipinski definition) is 2. The van der Waals surface area contributed by atoms with Gasteiger partial charge in [-0.1, -0.05) is 6.92 Å². The second-order valence-electron chi connectivity index (χ2n) is 6.03. The quantitative estimate of drug-likeness (QED) is 0.410. The molecule has 1 aromatic rings. The van der Waals surface area contributed by atoms with Gasteiger partial charge >= 0.3 is 0 Å². The lowest BCUT2D eigenvalue weighted by molar-refractivity contribution is 0.185. The summed E-state index contributed by atoms with van der Waals surface area (Å²) >= 11 is 0. The van der Waals surface area contributed by atoms with Gasteiger partial charge in [0.25, 0.3) is 0 Å². The van der Waals surface area contributed by atoms with E-state index in [0.717, 1.165) is 31.8 Å². The molecule has 1 aliphatic rings. The molecule has 0 aromatic heterocycles. The van der Waals surface area contributed by atoms with Gasteiger partial charge in [-0.3, -0.25) is 4.99 Å². The summed E-state index contributed by atoms with van der Waals surface area (Å²) in [5, 5.41) is 10.4. The Hall–Kier alpha value is -1.22. The third-order valence-electron chi connectivity index (χ3n) is 4.29. The van der Waals surface area contributed by atoms with Crippen molar-refractivity contribution in [3.8, 4) is 11.5 Å². The molecule has 0 saturated carbocycles. The molecule has 0 spiro atoms. The summed E-state index contributed by atoms with van der Waals surface area (Å²) in [6.45, 7) is 4.33. The average molecular weight is 449 g/mol. The molecule has 3 N–H and O–H groups in total. The highest BCUT2D eigenvalue weighted by Crippen LogP contribution is 2.26. The second-order valence-corrected chi connectivity index (χ2v) is 6.03. The molecule has 7 heteroatoms. The summed E-state index contributed by atoms with van der Waals surface area (Å²) < 4.78 is 10.4. The Morgan fingerprint density at radius 2 is 1.79 bits per heavy atom. The molecule has 1 aliphatic heterocycles. The van der Waals surface area contributed by atoms with Crippen molar-refractivity contribution in [2.45, 2.75) is 25.9 Å². The van der Waals surface area contributed by atoms with Gasteiger partial charge in [0.2, 0.25) is 0 Å². The van der Waals surface area contributed by atoms with Crippen molar-refractivity contribution in [1.29, 1.82) is 0 Å². The van der Waals surface area contributed by atoms with Gasteiger partial charge < -0.3 is 25.2 Å². The van der Waals surface area contributed by atoms with Crippen molar-refractivity contribution < 1.29 is 14.6 Å². The molecular weight excluding hydrogens is 421 g/mol. The molecule has 6 nitrogen and oxygen atoms in total. The van der Waals surface area contributed by atoms with Crippen LogP contribution in [-0.2, 0) is 0 Å². The molecule has 1 atom stereocenters. The maximum Gasteiger partial charge on any atom is 0.191 e. The SMILES string of the molecule is COc1cc(OC)cc(C(O)CN=C(N)N2CCC(C)CC2)c1.I. The van der Waals surface area contributed by atoms with Crippen LogP contribution in [0.2, 0.25) is 0 Å². The number of aliphatic hydroxyl groups excluding tert-OH is 1. The van der Waals surface area contributed by atoms with E-state index in [9.17, 15) is 5.11 Å². The van der Waals surface area contributed by atoms with E-state index in [1.807, 2.05) is 0 Å². The molecular formula is C17H28IN3O3. The van der Waals surface area contributed by atoms with Crippen LogP contribution in [0.15, 0.2) is 23.2 Å². The molecule has 136 valence electrons. The van der Waals surface area contributed by atoms with Crippen LogP contribution in [-0.4, -0.2) is 49.8 Å². The minimum Gasteiger partial charge on any atom is -0.497 e. The molecule has 1 aromatic carbocycles. The van der Waals surface area contributed by atoms with Gasteiger partial charge in [-0.25, -0.2) is 0 Å². The number of rotatable bonds is 5. The predicted molar refractivity (Wildman–Crippen MR) is 106 cm³/mol. The number of ether oxygens (including phenoxy) is 2. The number of methoxy groups -OCH3 is 2. The van der Waals surface area contributed by atoms with Gasteiger partial charge in [-0.15, -0.1) is 24.0 Å². The first kappa shape index (κ1) is 20.8. The zero-order valence-electron chi connectivity index (χ0n) is 14.6. The van der Waals surface area contributed by atoms with Crippen LogP contribution >= 0.6 is 24.0 Å². The first-order chi connectivity index (χ1) is 11.0. The van der Waals surface area contributed by atoms with Gasteiger partial charge in [0.05, 0.1) is 26.9 Å². The number of benzene rings is 1. The molecule has 0 amide bonds. The fourth-order valence-corrected chi connectivity index (χ4v) is 2.64. The number of halogens is 1. The first-order valence-corrected chi connectivity index (χ1v) is 7.99. The summed E-state index contributed by atoms with van der Waals surface area (Å²) in [7, 11) is 3.16. The molecule has 0 aliphatic carbocycles. The lowest BCUT2D eigenvalue weighted by atomic mass is 10.00. The van der Waals surface area contributed by atoms with Crippen molar-refractivity contribution in [3.63, 3.8) is 0 Å². The second kappa shape index (κ2) is 9.93. The first-order valence-electron chi connectivity index (χ1n) is 7.99. The number of aliphatic hydroxyl groups is 1. The van der Waals surface area contributed by atoms with E-state index in [1.54, 1.807) is 32.4 Å². The normalized spacial score (nSPS) is 17.2. The van der Waals surface area contributed by atoms with E-state index in [-0.39, 0.29) is 30.5 Å². The van der Waals surface area contributed by atoms with Crippen LogP contribution < -0.4 is 15.2 Å². The van der Waals surface area contributed by atoms with E-state index >= 15 is 0 Å². The maximum absolute atomic E-state index is 10.4. The van der Waals surface area contributed by atoms with Gasteiger partial charge in [0.15, 0.2) is 5.96 Å². The predicted octanol–water partition coefficient (Wildman–Crippen LogP) is 2.40. The molecule has 0 bridgehead atoms. The molecule has 2 rings (SSSR count). The number of guanidine groups is 1.